The van der Waals surface area contributed by atoms with Gasteiger partial charge in [-0.3, -0.25) is 0 Å². The van der Waals surface area contributed by atoms with Crippen LogP contribution in [-0.4, -0.2) is 40.1 Å². The predicted molar refractivity (Wildman–Crippen MR) is 88.8 cm³/mol. The van der Waals surface area contributed by atoms with Crippen molar-refractivity contribution in [2.75, 3.05) is 20.6 Å². The molecule has 2 aromatic heterocycles. The van der Waals surface area contributed by atoms with E-state index in [1.165, 1.54) is 11.1 Å². The Balaban J connectivity index is 2.51. The number of fused-ring (bicyclic) bond motifs is 1. The van der Waals surface area contributed by atoms with Crippen molar-refractivity contribution in [1.29, 1.82) is 0 Å². The molecule has 0 bridgehead atoms. The van der Waals surface area contributed by atoms with E-state index in [1.54, 1.807) is 0 Å². The molecule has 0 amide bonds. The Morgan fingerprint density at radius 1 is 1.19 bits per heavy atom. The Bertz CT molecular complexity index is 605. The van der Waals surface area contributed by atoms with Gasteiger partial charge in [-0.1, -0.05) is 34.1 Å². The standard InChI is InChI=1S/C17H28N4/c1-7-8-14-13-9-10-21(12-11-20(5)6)15(13)19-16(18-14)17(2,3)4/h9-10H,7-8,11-12H2,1-6H3. The molecule has 0 spiro atoms. The molecule has 2 aromatic rings. The maximum atomic E-state index is 4.86. The fraction of sp³-hybridized carbons (Fsp3) is 0.647. The highest BCUT2D eigenvalue weighted by atomic mass is 15.1. The number of rotatable bonds is 5. The highest BCUT2D eigenvalue weighted by Crippen LogP contribution is 2.24. The van der Waals surface area contributed by atoms with Gasteiger partial charge >= 0.3 is 0 Å². The molecule has 21 heavy (non-hydrogen) atoms. The minimum absolute atomic E-state index is 0.0205. The molecule has 2 rings (SSSR count). The molecule has 0 atom stereocenters. The highest BCUT2D eigenvalue weighted by molar-refractivity contribution is 5.79. The van der Waals surface area contributed by atoms with Gasteiger partial charge in [0.2, 0.25) is 0 Å². The average molecular weight is 288 g/mol. The third-order valence-electron chi connectivity index (χ3n) is 3.64. The Kier molecular flexibility index (Phi) is 4.67. The summed E-state index contributed by atoms with van der Waals surface area (Å²) in [6.45, 7) is 10.7. The summed E-state index contributed by atoms with van der Waals surface area (Å²) in [7, 11) is 4.20. The van der Waals surface area contributed by atoms with Crippen LogP contribution in [0.5, 0.6) is 0 Å². The Morgan fingerprint density at radius 2 is 1.90 bits per heavy atom. The van der Waals surface area contributed by atoms with E-state index in [4.69, 9.17) is 9.97 Å². The average Bonchev–Trinajstić information content (AvgIpc) is 2.79. The van der Waals surface area contributed by atoms with E-state index in [-0.39, 0.29) is 5.41 Å². The lowest BCUT2D eigenvalue weighted by atomic mass is 9.95. The van der Waals surface area contributed by atoms with Crippen molar-refractivity contribution in [3.63, 3.8) is 0 Å². The fourth-order valence-electron chi connectivity index (χ4n) is 2.38. The van der Waals surface area contributed by atoms with Crippen molar-refractivity contribution in [2.45, 2.75) is 52.5 Å². The van der Waals surface area contributed by atoms with Crippen LogP contribution in [-0.2, 0) is 18.4 Å². The molecule has 4 heteroatoms. The molecule has 0 aliphatic carbocycles. The number of likely N-dealkylation sites (N-methyl/N-ethyl adjacent to an activating group) is 1. The number of hydrogen-bond donors (Lipinski definition) is 0. The normalized spacial score (nSPS) is 12.5. The van der Waals surface area contributed by atoms with E-state index in [1.807, 2.05) is 0 Å². The second-order valence-electron chi connectivity index (χ2n) is 7.04. The number of hydrogen-bond acceptors (Lipinski definition) is 3. The van der Waals surface area contributed by atoms with Gasteiger partial charge in [0.15, 0.2) is 0 Å². The molecule has 2 heterocycles. The molecule has 0 unspecified atom stereocenters. The van der Waals surface area contributed by atoms with Crippen molar-refractivity contribution in [3.05, 3.63) is 23.8 Å². The Labute approximate surface area is 128 Å². The third kappa shape index (κ3) is 3.62. The molecule has 0 N–H and O–H groups in total. The number of aromatic nitrogens is 3. The zero-order chi connectivity index (χ0) is 15.6. The van der Waals surface area contributed by atoms with Gasteiger partial charge in [-0.25, -0.2) is 9.97 Å². The van der Waals surface area contributed by atoms with Gasteiger partial charge in [-0.05, 0) is 26.6 Å². The SMILES string of the molecule is CCCc1nc(C(C)(C)C)nc2c1ccn2CCN(C)C. The van der Waals surface area contributed by atoms with Crippen molar-refractivity contribution in [2.24, 2.45) is 0 Å². The van der Waals surface area contributed by atoms with Gasteiger partial charge in [-0.15, -0.1) is 0 Å². The van der Waals surface area contributed by atoms with Crippen LogP contribution in [0.1, 0.15) is 45.6 Å². The summed E-state index contributed by atoms with van der Waals surface area (Å²) in [6, 6.07) is 2.17. The quantitative estimate of drug-likeness (QED) is 0.847. The zero-order valence-corrected chi connectivity index (χ0v) is 14.3. The predicted octanol–water partition coefficient (Wildman–Crippen LogP) is 3.24. The first-order valence-corrected chi connectivity index (χ1v) is 7.84. The summed E-state index contributed by atoms with van der Waals surface area (Å²) in [5.74, 6) is 0.947. The summed E-state index contributed by atoms with van der Waals surface area (Å²) in [6.07, 6.45) is 4.27. The Morgan fingerprint density at radius 3 is 2.48 bits per heavy atom. The first kappa shape index (κ1) is 16.0. The number of aryl methyl sites for hydroxylation is 1. The second kappa shape index (κ2) is 6.14. The van der Waals surface area contributed by atoms with Crippen LogP contribution in [0, 0.1) is 0 Å². The molecule has 4 nitrogen and oxygen atoms in total. The molecule has 0 fully saturated rings. The van der Waals surface area contributed by atoms with Gasteiger partial charge in [-0.2, -0.15) is 0 Å². The van der Waals surface area contributed by atoms with Crippen LogP contribution in [0.3, 0.4) is 0 Å². The molecule has 0 radical (unpaired) electrons. The first-order valence-electron chi connectivity index (χ1n) is 7.84. The van der Waals surface area contributed by atoms with E-state index >= 15 is 0 Å². The lowest BCUT2D eigenvalue weighted by Gasteiger charge is -2.18. The largest absolute Gasteiger partial charge is 0.331 e. The van der Waals surface area contributed by atoms with Gasteiger partial charge in [0.25, 0.3) is 0 Å². The third-order valence-corrected chi connectivity index (χ3v) is 3.64. The minimum Gasteiger partial charge on any atom is -0.331 e. The summed E-state index contributed by atoms with van der Waals surface area (Å²) >= 11 is 0. The summed E-state index contributed by atoms with van der Waals surface area (Å²) in [5, 5.41) is 1.21. The smallest absolute Gasteiger partial charge is 0.143 e. The second-order valence-corrected chi connectivity index (χ2v) is 7.04. The van der Waals surface area contributed by atoms with Crippen LogP contribution in [0.15, 0.2) is 12.3 Å². The van der Waals surface area contributed by atoms with Crippen LogP contribution < -0.4 is 0 Å². The highest BCUT2D eigenvalue weighted by Gasteiger charge is 2.20. The Hall–Kier alpha value is -1.42. The van der Waals surface area contributed by atoms with E-state index in [0.717, 1.165) is 37.4 Å². The minimum atomic E-state index is -0.0205. The van der Waals surface area contributed by atoms with Gasteiger partial charge < -0.3 is 9.47 Å². The summed E-state index contributed by atoms with van der Waals surface area (Å²) < 4.78 is 2.26. The molecule has 0 saturated heterocycles. The molecular formula is C17H28N4. The fourth-order valence-corrected chi connectivity index (χ4v) is 2.38. The molecule has 0 aliphatic rings. The maximum absolute atomic E-state index is 4.86. The van der Waals surface area contributed by atoms with Crippen LogP contribution >= 0.6 is 0 Å². The topological polar surface area (TPSA) is 34.0 Å². The van der Waals surface area contributed by atoms with E-state index < -0.39 is 0 Å². The van der Waals surface area contributed by atoms with Crippen LogP contribution in [0.4, 0.5) is 0 Å². The molecule has 0 aliphatic heterocycles. The van der Waals surface area contributed by atoms with Gasteiger partial charge in [0, 0.05) is 30.1 Å². The maximum Gasteiger partial charge on any atom is 0.143 e. The zero-order valence-electron chi connectivity index (χ0n) is 14.3. The van der Waals surface area contributed by atoms with Crippen LogP contribution in [0.25, 0.3) is 11.0 Å². The molecular weight excluding hydrogens is 260 g/mol. The van der Waals surface area contributed by atoms with E-state index in [2.05, 4.69) is 63.5 Å². The van der Waals surface area contributed by atoms with Crippen molar-refractivity contribution >= 4 is 11.0 Å². The van der Waals surface area contributed by atoms with Crippen molar-refractivity contribution in [1.82, 2.24) is 19.4 Å². The summed E-state index contributed by atoms with van der Waals surface area (Å²) in [4.78, 5) is 11.9. The lowest BCUT2D eigenvalue weighted by Crippen LogP contribution is -2.20. The lowest BCUT2D eigenvalue weighted by molar-refractivity contribution is 0.386. The molecule has 116 valence electrons. The molecule has 0 aromatic carbocycles. The number of nitrogens with zero attached hydrogens (tertiary/aromatic N) is 4. The first-order chi connectivity index (χ1) is 9.82. The summed E-state index contributed by atoms with van der Waals surface area (Å²) in [5.41, 5.74) is 2.25. The van der Waals surface area contributed by atoms with E-state index in [9.17, 15) is 0 Å². The monoisotopic (exact) mass is 288 g/mol. The van der Waals surface area contributed by atoms with Crippen molar-refractivity contribution in [3.8, 4) is 0 Å². The van der Waals surface area contributed by atoms with Crippen LogP contribution in [0.2, 0.25) is 0 Å². The van der Waals surface area contributed by atoms with E-state index in [0.29, 0.717) is 0 Å². The van der Waals surface area contributed by atoms with Gasteiger partial charge in [0.05, 0.1) is 5.69 Å². The van der Waals surface area contributed by atoms with Gasteiger partial charge in [0.1, 0.15) is 11.5 Å². The van der Waals surface area contributed by atoms with Crippen molar-refractivity contribution < 1.29 is 0 Å². The molecule has 0 saturated carbocycles.